The van der Waals surface area contributed by atoms with E-state index in [1.165, 1.54) is 11.1 Å². The molecule has 0 saturated carbocycles. The smallest absolute Gasteiger partial charge is 0.128 e. The van der Waals surface area contributed by atoms with Gasteiger partial charge in [-0.2, -0.15) is 0 Å². The maximum absolute atomic E-state index is 6.02. The zero-order chi connectivity index (χ0) is 31.2. The summed E-state index contributed by atoms with van der Waals surface area (Å²) < 4.78 is 12.0. The van der Waals surface area contributed by atoms with Crippen LogP contribution in [0.5, 0.6) is 11.5 Å². The Morgan fingerprint density at radius 1 is 0.489 bits per heavy atom. The standard InChI is InChI=1S/C41H38N2O2/c1-5-44-40-13-9-7-11-36(40)38-27-32(28-39(42-38)37-12-8-10-14-41(37)45-6-2)31-19-25-35(26-20-31)43(33-21-15-29(3)16-22-33)34-23-17-30(4)18-24-34/h7-28H,5-6H2,1-4H3. The van der Waals surface area contributed by atoms with E-state index in [2.05, 4.69) is 116 Å². The molecule has 1 aromatic heterocycles. The Bertz CT molecular complexity index is 1760. The molecule has 6 rings (SSSR count). The maximum Gasteiger partial charge on any atom is 0.128 e. The van der Waals surface area contributed by atoms with Crippen LogP contribution in [0.2, 0.25) is 0 Å². The number of para-hydroxylation sites is 2. The largest absolute Gasteiger partial charge is 0.493 e. The third kappa shape index (κ3) is 6.61. The normalized spacial score (nSPS) is 10.8. The Balaban J connectivity index is 1.47. The Hall–Kier alpha value is -5.35. The molecule has 0 radical (unpaired) electrons. The molecule has 0 aliphatic carbocycles. The van der Waals surface area contributed by atoms with Crippen molar-refractivity contribution in [2.45, 2.75) is 27.7 Å². The van der Waals surface area contributed by atoms with Crippen molar-refractivity contribution in [2.24, 2.45) is 0 Å². The minimum absolute atomic E-state index is 0.580. The van der Waals surface area contributed by atoms with Crippen molar-refractivity contribution >= 4 is 17.1 Å². The fraction of sp³-hybridized carbons (Fsp3) is 0.146. The van der Waals surface area contributed by atoms with Crippen LogP contribution >= 0.6 is 0 Å². The summed E-state index contributed by atoms with van der Waals surface area (Å²) in [7, 11) is 0. The molecule has 5 aromatic carbocycles. The van der Waals surface area contributed by atoms with Crippen molar-refractivity contribution in [1.82, 2.24) is 4.98 Å². The van der Waals surface area contributed by atoms with E-state index in [9.17, 15) is 0 Å². The molecule has 0 bridgehead atoms. The van der Waals surface area contributed by atoms with Crippen LogP contribution in [0.15, 0.2) is 133 Å². The van der Waals surface area contributed by atoms with E-state index in [4.69, 9.17) is 14.5 Å². The predicted molar refractivity (Wildman–Crippen MR) is 187 cm³/mol. The minimum atomic E-state index is 0.580. The van der Waals surface area contributed by atoms with E-state index in [0.717, 1.165) is 62.2 Å². The zero-order valence-corrected chi connectivity index (χ0v) is 26.3. The Kier molecular flexibility index (Phi) is 8.93. The van der Waals surface area contributed by atoms with Gasteiger partial charge in [-0.3, -0.25) is 0 Å². The highest BCUT2D eigenvalue weighted by Crippen LogP contribution is 2.39. The first-order valence-electron chi connectivity index (χ1n) is 15.5. The Morgan fingerprint density at radius 2 is 0.889 bits per heavy atom. The number of hydrogen-bond acceptors (Lipinski definition) is 4. The second-order valence-electron chi connectivity index (χ2n) is 11.0. The zero-order valence-electron chi connectivity index (χ0n) is 26.3. The van der Waals surface area contributed by atoms with Crippen molar-refractivity contribution < 1.29 is 9.47 Å². The van der Waals surface area contributed by atoms with Gasteiger partial charge in [-0.05, 0) is 112 Å². The molecule has 4 nitrogen and oxygen atoms in total. The summed E-state index contributed by atoms with van der Waals surface area (Å²) in [5.41, 5.74) is 11.6. The summed E-state index contributed by atoms with van der Waals surface area (Å²) in [6, 6.07) is 46.6. The number of pyridine rings is 1. The molecular weight excluding hydrogens is 552 g/mol. The maximum atomic E-state index is 6.02. The van der Waals surface area contributed by atoms with Crippen LogP contribution in [0.1, 0.15) is 25.0 Å². The number of aromatic nitrogens is 1. The third-order valence-corrected chi connectivity index (χ3v) is 7.79. The highest BCUT2D eigenvalue weighted by atomic mass is 16.5. The van der Waals surface area contributed by atoms with E-state index in [1.807, 2.05) is 50.2 Å². The van der Waals surface area contributed by atoms with E-state index in [-0.39, 0.29) is 0 Å². The molecule has 0 atom stereocenters. The summed E-state index contributed by atoms with van der Waals surface area (Å²) in [6.45, 7) is 9.40. The lowest BCUT2D eigenvalue weighted by Crippen LogP contribution is -2.09. The summed E-state index contributed by atoms with van der Waals surface area (Å²) in [4.78, 5) is 7.45. The number of ether oxygens (including phenoxy) is 2. The highest BCUT2D eigenvalue weighted by Gasteiger charge is 2.16. The average Bonchev–Trinajstić information content (AvgIpc) is 3.07. The summed E-state index contributed by atoms with van der Waals surface area (Å²) in [6.07, 6.45) is 0. The lowest BCUT2D eigenvalue weighted by molar-refractivity contribution is 0.341. The first kappa shape index (κ1) is 29.7. The van der Waals surface area contributed by atoms with E-state index in [1.54, 1.807) is 0 Å². The van der Waals surface area contributed by atoms with Crippen LogP contribution in [0.4, 0.5) is 17.1 Å². The van der Waals surface area contributed by atoms with Crippen LogP contribution in [0.3, 0.4) is 0 Å². The van der Waals surface area contributed by atoms with Gasteiger partial charge >= 0.3 is 0 Å². The molecule has 0 amide bonds. The van der Waals surface area contributed by atoms with Gasteiger partial charge in [-0.25, -0.2) is 4.98 Å². The second-order valence-corrected chi connectivity index (χ2v) is 11.0. The quantitative estimate of drug-likeness (QED) is 0.159. The monoisotopic (exact) mass is 590 g/mol. The van der Waals surface area contributed by atoms with Gasteiger partial charge in [0.2, 0.25) is 0 Å². The number of aryl methyl sites for hydroxylation is 2. The van der Waals surface area contributed by atoms with E-state index < -0.39 is 0 Å². The highest BCUT2D eigenvalue weighted by molar-refractivity contribution is 5.82. The molecule has 6 aromatic rings. The average molecular weight is 591 g/mol. The molecule has 45 heavy (non-hydrogen) atoms. The van der Waals surface area contributed by atoms with Gasteiger partial charge in [0.15, 0.2) is 0 Å². The van der Waals surface area contributed by atoms with Gasteiger partial charge in [0.1, 0.15) is 11.5 Å². The molecule has 0 N–H and O–H groups in total. The number of anilines is 3. The third-order valence-electron chi connectivity index (χ3n) is 7.79. The van der Waals surface area contributed by atoms with Gasteiger partial charge < -0.3 is 14.4 Å². The van der Waals surface area contributed by atoms with Crippen molar-refractivity contribution in [3.05, 3.63) is 145 Å². The number of hydrogen-bond donors (Lipinski definition) is 0. The fourth-order valence-corrected chi connectivity index (χ4v) is 5.53. The lowest BCUT2D eigenvalue weighted by atomic mass is 9.99. The van der Waals surface area contributed by atoms with Gasteiger partial charge in [-0.15, -0.1) is 0 Å². The van der Waals surface area contributed by atoms with Crippen molar-refractivity contribution in [1.29, 1.82) is 0 Å². The Labute approximate surface area is 266 Å². The number of rotatable bonds is 10. The summed E-state index contributed by atoms with van der Waals surface area (Å²) >= 11 is 0. The molecule has 0 aliphatic heterocycles. The van der Waals surface area contributed by atoms with Gasteiger partial charge in [0.25, 0.3) is 0 Å². The topological polar surface area (TPSA) is 34.6 Å². The summed E-state index contributed by atoms with van der Waals surface area (Å²) in [5.74, 6) is 1.63. The first-order valence-corrected chi connectivity index (χ1v) is 15.5. The van der Waals surface area contributed by atoms with Crippen LogP contribution in [-0.2, 0) is 0 Å². The van der Waals surface area contributed by atoms with Gasteiger partial charge in [-0.1, -0.05) is 71.8 Å². The molecule has 224 valence electrons. The van der Waals surface area contributed by atoms with Crippen molar-refractivity contribution in [3.8, 4) is 45.1 Å². The Morgan fingerprint density at radius 3 is 1.31 bits per heavy atom. The van der Waals surface area contributed by atoms with Gasteiger partial charge in [0.05, 0.1) is 24.6 Å². The fourth-order valence-electron chi connectivity index (χ4n) is 5.53. The SMILES string of the molecule is CCOc1ccccc1-c1cc(-c2ccc(N(c3ccc(C)cc3)c3ccc(C)cc3)cc2)cc(-c2ccccc2OCC)n1. The predicted octanol–water partition coefficient (Wildman–Crippen LogP) is 11.0. The van der Waals surface area contributed by atoms with Crippen LogP contribution in [0.25, 0.3) is 33.6 Å². The van der Waals surface area contributed by atoms with Gasteiger partial charge in [0, 0.05) is 28.2 Å². The molecule has 1 heterocycles. The molecule has 0 aliphatic rings. The van der Waals surface area contributed by atoms with Crippen molar-refractivity contribution in [3.63, 3.8) is 0 Å². The van der Waals surface area contributed by atoms with Crippen LogP contribution in [-0.4, -0.2) is 18.2 Å². The van der Waals surface area contributed by atoms with Crippen molar-refractivity contribution in [2.75, 3.05) is 18.1 Å². The first-order chi connectivity index (χ1) is 22.0. The molecule has 0 saturated heterocycles. The molecule has 0 unspecified atom stereocenters. The van der Waals surface area contributed by atoms with Crippen LogP contribution in [0, 0.1) is 13.8 Å². The minimum Gasteiger partial charge on any atom is -0.493 e. The number of nitrogens with zero attached hydrogens (tertiary/aromatic N) is 2. The number of benzene rings is 5. The lowest BCUT2D eigenvalue weighted by Gasteiger charge is -2.26. The second kappa shape index (κ2) is 13.5. The molecule has 0 spiro atoms. The van der Waals surface area contributed by atoms with E-state index >= 15 is 0 Å². The van der Waals surface area contributed by atoms with E-state index in [0.29, 0.717) is 13.2 Å². The molecule has 0 fully saturated rings. The molecular formula is C41H38N2O2. The molecule has 4 heteroatoms. The summed E-state index contributed by atoms with van der Waals surface area (Å²) in [5, 5.41) is 0. The van der Waals surface area contributed by atoms with Crippen LogP contribution < -0.4 is 14.4 Å².